The average Bonchev–Trinajstić information content (AvgIpc) is 2.53. The number of hydrogen-bond donors (Lipinski definition) is 0. The van der Waals surface area contributed by atoms with Crippen molar-refractivity contribution in [2.45, 2.75) is 46.3 Å². The van der Waals surface area contributed by atoms with Gasteiger partial charge in [-0.3, -0.25) is 0 Å². The van der Waals surface area contributed by atoms with E-state index in [0.29, 0.717) is 34.7 Å². The van der Waals surface area contributed by atoms with Crippen molar-refractivity contribution in [1.29, 1.82) is 0 Å². The molecule has 0 saturated carbocycles. The Morgan fingerprint density at radius 3 is 2.35 bits per heavy atom. The van der Waals surface area contributed by atoms with Gasteiger partial charge in [-0.15, -0.1) is 0 Å². The summed E-state index contributed by atoms with van der Waals surface area (Å²) in [5, 5.41) is 0. The first kappa shape index (κ1) is 20.3. The van der Waals surface area contributed by atoms with Crippen LogP contribution in [0.1, 0.15) is 46.1 Å². The number of unbranched alkanes of at least 4 members (excludes halogenated alkanes) is 1. The summed E-state index contributed by atoms with van der Waals surface area (Å²) in [6.07, 6.45) is 3.37. The van der Waals surface area contributed by atoms with Crippen LogP contribution in [0.2, 0.25) is 0 Å². The molecule has 0 spiro atoms. The second kappa shape index (κ2) is 8.58. The van der Waals surface area contributed by atoms with E-state index in [2.05, 4.69) is 22.9 Å². The van der Waals surface area contributed by atoms with Crippen LogP contribution >= 0.6 is 15.9 Å². The molecule has 0 unspecified atom stereocenters. The van der Waals surface area contributed by atoms with Crippen LogP contribution in [0.25, 0.3) is 6.08 Å². The van der Waals surface area contributed by atoms with Gasteiger partial charge < -0.3 is 18.9 Å². The van der Waals surface area contributed by atoms with E-state index in [0.717, 1.165) is 12.8 Å². The van der Waals surface area contributed by atoms with Gasteiger partial charge in [0, 0.05) is 13.8 Å². The molecule has 1 aliphatic rings. The average molecular weight is 427 g/mol. The number of hydrogen-bond acceptors (Lipinski definition) is 6. The molecule has 1 fully saturated rings. The molecule has 2 rings (SSSR count). The Kier molecular flexibility index (Phi) is 6.69. The van der Waals surface area contributed by atoms with E-state index in [9.17, 15) is 9.59 Å². The summed E-state index contributed by atoms with van der Waals surface area (Å²) < 4.78 is 22.3. The zero-order valence-corrected chi connectivity index (χ0v) is 17.0. The summed E-state index contributed by atoms with van der Waals surface area (Å²) in [5.41, 5.74) is 0.421. The van der Waals surface area contributed by atoms with Gasteiger partial charge in [0.2, 0.25) is 0 Å². The summed E-state index contributed by atoms with van der Waals surface area (Å²) >= 11 is 3.47. The smallest absolute Gasteiger partial charge is 0.348 e. The minimum atomic E-state index is -1.26. The van der Waals surface area contributed by atoms with E-state index in [1.54, 1.807) is 12.1 Å². The van der Waals surface area contributed by atoms with E-state index in [1.165, 1.54) is 19.9 Å². The van der Waals surface area contributed by atoms with E-state index in [-0.39, 0.29) is 5.57 Å². The van der Waals surface area contributed by atoms with Gasteiger partial charge in [-0.1, -0.05) is 13.3 Å². The molecule has 1 heterocycles. The largest absolute Gasteiger partial charge is 0.490 e. The number of esters is 2. The van der Waals surface area contributed by atoms with Crippen LogP contribution in [-0.4, -0.2) is 30.9 Å². The van der Waals surface area contributed by atoms with Gasteiger partial charge >= 0.3 is 11.9 Å². The van der Waals surface area contributed by atoms with Crippen molar-refractivity contribution in [2.75, 3.05) is 13.2 Å². The molecule has 0 aliphatic carbocycles. The molecule has 142 valence electrons. The molecule has 0 aromatic heterocycles. The predicted molar refractivity (Wildman–Crippen MR) is 100.0 cm³/mol. The molecule has 0 atom stereocenters. The molecule has 6 nitrogen and oxygen atoms in total. The van der Waals surface area contributed by atoms with Crippen molar-refractivity contribution in [3.8, 4) is 11.5 Å². The van der Waals surface area contributed by atoms with Crippen molar-refractivity contribution in [3.63, 3.8) is 0 Å². The predicted octanol–water partition coefficient (Wildman–Crippen LogP) is 4.25. The molecule has 1 saturated heterocycles. The Morgan fingerprint density at radius 2 is 1.77 bits per heavy atom. The summed E-state index contributed by atoms with van der Waals surface area (Å²) in [6, 6.07) is 3.46. The van der Waals surface area contributed by atoms with Crippen molar-refractivity contribution in [2.24, 2.45) is 0 Å². The number of carbonyl (C=O) groups excluding carboxylic acids is 2. The van der Waals surface area contributed by atoms with Gasteiger partial charge in [-0.25, -0.2) is 9.59 Å². The maximum absolute atomic E-state index is 12.1. The standard InChI is InChI=1S/C19H23BrO6/c1-5-7-8-24-16-14(20)10-12(11-15(16)23-6-2)9-13-17(21)25-19(3,4)26-18(13)22/h9-11H,5-8H2,1-4H3. The quantitative estimate of drug-likeness (QED) is 0.281. The van der Waals surface area contributed by atoms with Crippen molar-refractivity contribution < 1.29 is 28.5 Å². The van der Waals surface area contributed by atoms with E-state index in [1.807, 2.05) is 6.92 Å². The number of ether oxygens (including phenoxy) is 4. The van der Waals surface area contributed by atoms with Gasteiger partial charge in [0.25, 0.3) is 5.79 Å². The highest BCUT2D eigenvalue weighted by Gasteiger charge is 2.38. The molecule has 1 aromatic rings. The minimum Gasteiger partial charge on any atom is -0.490 e. The molecular formula is C19H23BrO6. The lowest BCUT2D eigenvalue weighted by molar-refractivity contribution is -0.222. The Labute approximate surface area is 161 Å². The molecular weight excluding hydrogens is 404 g/mol. The third kappa shape index (κ3) is 5.00. The number of cyclic esters (lactones) is 2. The highest BCUT2D eigenvalue weighted by Crippen LogP contribution is 2.38. The zero-order chi connectivity index (χ0) is 19.3. The van der Waals surface area contributed by atoms with Gasteiger partial charge in [0.1, 0.15) is 5.57 Å². The Bertz CT molecular complexity index is 701. The molecule has 0 N–H and O–H groups in total. The molecule has 7 heteroatoms. The fraction of sp³-hybridized carbons (Fsp3) is 0.474. The van der Waals surface area contributed by atoms with Crippen LogP contribution in [0.5, 0.6) is 11.5 Å². The summed E-state index contributed by atoms with van der Waals surface area (Å²) in [6.45, 7) is 7.99. The zero-order valence-electron chi connectivity index (χ0n) is 15.4. The lowest BCUT2D eigenvalue weighted by atomic mass is 10.1. The maximum Gasteiger partial charge on any atom is 0.348 e. The SMILES string of the molecule is CCCCOc1c(Br)cc(C=C2C(=O)OC(C)(C)OC2=O)cc1OCC. The van der Waals surface area contributed by atoms with Crippen LogP contribution in [0.3, 0.4) is 0 Å². The monoisotopic (exact) mass is 426 g/mol. The lowest BCUT2D eigenvalue weighted by Crippen LogP contribution is -2.41. The molecule has 0 bridgehead atoms. The van der Waals surface area contributed by atoms with E-state index in [4.69, 9.17) is 18.9 Å². The third-order valence-electron chi connectivity index (χ3n) is 3.50. The van der Waals surface area contributed by atoms with E-state index >= 15 is 0 Å². The highest BCUT2D eigenvalue weighted by atomic mass is 79.9. The minimum absolute atomic E-state index is 0.168. The number of carbonyl (C=O) groups is 2. The maximum atomic E-state index is 12.1. The first-order valence-electron chi connectivity index (χ1n) is 8.55. The van der Waals surface area contributed by atoms with Gasteiger partial charge in [-0.2, -0.15) is 0 Å². The van der Waals surface area contributed by atoms with Crippen LogP contribution in [0.4, 0.5) is 0 Å². The molecule has 0 amide bonds. The van der Waals surface area contributed by atoms with Crippen LogP contribution in [-0.2, 0) is 19.1 Å². The molecule has 0 radical (unpaired) electrons. The van der Waals surface area contributed by atoms with Crippen molar-refractivity contribution >= 4 is 33.9 Å². The molecule has 1 aromatic carbocycles. The van der Waals surface area contributed by atoms with Crippen molar-refractivity contribution in [3.05, 3.63) is 27.7 Å². The second-order valence-electron chi connectivity index (χ2n) is 6.20. The van der Waals surface area contributed by atoms with Gasteiger partial charge in [-0.05, 0) is 53.0 Å². The van der Waals surface area contributed by atoms with Gasteiger partial charge in [0.15, 0.2) is 11.5 Å². The highest BCUT2D eigenvalue weighted by molar-refractivity contribution is 9.10. The van der Waals surface area contributed by atoms with Crippen LogP contribution in [0.15, 0.2) is 22.2 Å². The van der Waals surface area contributed by atoms with Crippen molar-refractivity contribution in [1.82, 2.24) is 0 Å². The summed E-state index contributed by atoms with van der Waals surface area (Å²) in [4.78, 5) is 24.2. The normalized spacial score (nSPS) is 16.0. The molecule has 26 heavy (non-hydrogen) atoms. The second-order valence-corrected chi connectivity index (χ2v) is 7.06. The van der Waals surface area contributed by atoms with Crippen LogP contribution < -0.4 is 9.47 Å². The van der Waals surface area contributed by atoms with Crippen LogP contribution in [0, 0.1) is 0 Å². The fourth-order valence-corrected chi connectivity index (χ4v) is 2.91. The lowest BCUT2D eigenvalue weighted by Gasteiger charge is -2.29. The Hall–Kier alpha value is -2.02. The fourth-order valence-electron chi connectivity index (χ4n) is 2.34. The number of benzene rings is 1. The first-order chi connectivity index (χ1) is 12.3. The van der Waals surface area contributed by atoms with Gasteiger partial charge in [0.05, 0.1) is 17.7 Å². The summed E-state index contributed by atoms with van der Waals surface area (Å²) in [7, 11) is 0. The first-order valence-corrected chi connectivity index (χ1v) is 9.34. The third-order valence-corrected chi connectivity index (χ3v) is 4.09. The number of halogens is 1. The number of rotatable bonds is 7. The topological polar surface area (TPSA) is 71.1 Å². The van der Waals surface area contributed by atoms with E-state index < -0.39 is 17.7 Å². The molecule has 1 aliphatic heterocycles. The Balaban J connectivity index is 2.35. The summed E-state index contributed by atoms with van der Waals surface area (Å²) in [5.74, 6) is -1.58. The Morgan fingerprint density at radius 1 is 1.12 bits per heavy atom.